The first-order valence-electron chi connectivity index (χ1n) is 7.07. The molecule has 0 spiro atoms. The number of aromatic carboxylic acids is 1. The summed E-state index contributed by atoms with van der Waals surface area (Å²) in [7, 11) is 1.44. The Morgan fingerprint density at radius 1 is 1.35 bits per heavy atom. The lowest BCUT2D eigenvalue weighted by molar-refractivity contribution is 0.0697. The lowest BCUT2D eigenvalue weighted by Crippen LogP contribution is -2.15. The van der Waals surface area contributed by atoms with Crippen LogP contribution in [-0.4, -0.2) is 29.1 Å². The average molecular weight is 334 g/mol. The minimum atomic E-state index is -1.05. The van der Waals surface area contributed by atoms with Crippen LogP contribution in [0.2, 0.25) is 0 Å². The van der Waals surface area contributed by atoms with Crippen LogP contribution in [0.25, 0.3) is 0 Å². The number of aromatic nitrogens is 1. The van der Waals surface area contributed by atoms with Gasteiger partial charge in [-0.15, -0.1) is 11.3 Å². The van der Waals surface area contributed by atoms with E-state index in [-0.39, 0.29) is 17.0 Å². The van der Waals surface area contributed by atoms with Crippen LogP contribution in [0.1, 0.15) is 43.8 Å². The Bertz CT molecular complexity index is 768. The van der Waals surface area contributed by atoms with Gasteiger partial charge in [-0.05, 0) is 38.0 Å². The molecule has 0 unspecified atom stereocenters. The minimum Gasteiger partial charge on any atom is -0.480 e. The Balaban J connectivity index is 2.40. The predicted molar refractivity (Wildman–Crippen MR) is 88.9 cm³/mol. The monoisotopic (exact) mass is 334 g/mol. The van der Waals surface area contributed by atoms with E-state index in [1.165, 1.54) is 18.4 Å². The molecule has 1 amide bonds. The van der Waals surface area contributed by atoms with Gasteiger partial charge in [-0.3, -0.25) is 4.79 Å². The summed E-state index contributed by atoms with van der Waals surface area (Å²) in [5.74, 6) is -1.28. The molecule has 2 heterocycles. The third-order valence-corrected chi connectivity index (χ3v) is 4.50. The number of aryl methyl sites for hydroxylation is 2. The van der Waals surface area contributed by atoms with Crippen LogP contribution in [0.4, 0.5) is 5.00 Å². The molecule has 0 saturated heterocycles. The molecule has 0 radical (unpaired) electrons. The molecule has 0 aromatic carbocycles. The summed E-state index contributed by atoms with van der Waals surface area (Å²) in [4.78, 5) is 29.0. The van der Waals surface area contributed by atoms with E-state index in [4.69, 9.17) is 4.74 Å². The van der Waals surface area contributed by atoms with Crippen LogP contribution >= 0.6 is 11.3 Å². The molecule has 0 aliphatic heterocycles. The highest BCUT2D eigenvalue weighted by Gasteiger charge is 2.23. The minimum absolute atomic E-state index is 0.155. The van der Waals surface area contributed by atoms with Crippen molar-refractivity contribution in [3.05, 3.63) is 39.4 Å². The number of carbonyl (C=O) groups is 2. The maximum absolute atomic E-state index is 12.5. The van der Waals surface area contributed by atoms with Gasteiger partial charge in [0.25, 0.3) is 5.91 Å². The lowest BCUT2D eigenvalue weighted by atomic mass is 10.1. The first-order chi connectivity index (χ1) is 10.9. The van der Waals surface area contributed by atoms with Crippen molar-refractivity contribution in [2.75, 3.05) is 12.4 Å². The lowest BCUT2D eigenvalue weighted by Gasteiger charge is -2.09. The fraction of sp³-hybridized carbons (Fsp3) is 0.312. The number of hydrogen-bond donors (Lipinski definition) is 2. The number of ether oxygens (including phenoxy) is 1. The van der Waals surface area contributed by atoms with E-state index in [2.05, 4.69) is 10.3 Å². The van der Waals surface area contributed by atoms with Crippen molar-refractivity contribution in [1.82, 2.24) is 4.98 Å². The van der Waals surface area contributed by atoms with E-state index >= 15 is 0 Å². The highest BCUT2D eigenvalue weighted by molar-refractivity contribution is 7.16. The molecular weight excluding hydrogens is 316 g/mol. The van der Waals surface area contributed by atoms with Crippen molar-refractivity contribution in [3.63, 3.8) is 0 Å². The summed E-state index contributed by atoms with van der Waals surface area (Å²) in [5, 5.41) is 12.4. The molecule has 0 saturated carbocycles. The summed E-state index contributed by atoms with van der Waals surface area (Å²) in [6.45, 7) is 5.53. The molecule has 2 aromatic rings. The fourth-order valence-corrected chi connectivity index (χ4v) is 3.48. The van der Waals surface area contributed by atoms with E-state index in [9.17, 15) is 14.7 Å². The van der Waals surface area contributed by atoms with Crippen molar-refractivity contribution in [1.29, 1.82) is 0 Å². The normalized spacial score (nSPS) is 10.4. The van der Waals surface area contributed by atoms with Gasteiger partial charge in [0.2, 0.25) is 5.88 Å². The van der Waals surface area contributed by atoms with Gasteiger partial charge in [0.1, 0.15) is 10.6 Å². The number of amides is 1. The molecule has 23 heavy (non-hydrogen) atoms. The smallest absolute Gasteiger partial charge is 0.339 e. The zero-order valence-electron chi connectivity index (χ0n) is 13.4. The Labute approximate surface area is 138 Å². The van der Waals surface area contributed by atoms with Crippen LogP contribution in [0, 0.1) is 13.8 Å². The third kappa shape index (κ3) is 3.34. The van der Waals surface area contributed by atoms with Crippen LogP contribution in [-0.2, 0) is 6.42 Å². The number of carboxylic acids is 1. The standard InChI is InChI=1S/C16H18N2O4S/c1-5-10-9(3)23-15(12(10)16(20)21)18-13(19)11-7-6-8(2)17-14(11)22-4/h6-7H,5H2,1-4H3,(H,18,19)(H,20,21). The van der Waals surface area contributed by atoms with E-state index in [1.54, 1.807) is 19.1 Å². The number of pyridine rings is 1. The summed E-state index contributed by atoms with van der Waals surface area (Å²) in [6, 6.07) is 3.31. The highest BCUT2D eigenvalue weighted by Crippen LogP contribution is 2.34. The van der Waals surface area contributed by atoms with Gasteiger partial charge < -0.3 is 15.2 Å². The Hall–Kier alpha value is -2.41. The molecule has 0 atom stereocenters. The van der Waals surface area contributed by atoms with E-state index < -0.39 is 11.9 Å². The summed E-state index contributed by atoms with van der Waals surface area (Å²) in [6.07, 6.45) is 0.593. The molecule has 2 N–H and O–H groups in total. The SMILES string of the molecule is CCc1c(C)sc(NC(=O)c2ccc(C)nc2OC)c1C(=O)O. The molecular formula is C16H18N2O4S. The second kappa shape index (κ2) is 6.78. The number of carboxylic acid groups (broad SMARTS) is 1. The largest absolute Gasteiger partial charge is 0.480 e. The Morgan fingerprint density at radius 2 is 2.04 bits per heavy atom. The first-order valence-corrected chi connectivity index (χ1v) is 7.89. The molecule has 2 aromatic heterocycles. The number of thiophene rings is 1. The molecule has 0 aliphatic carbocycles. The van der Waals surface area contributed by atoms with Gasteiger partial charge in [-0.1, -0.05) is 6.92 Å². The van der Waals surface area contributed by atoms with Crippen molar-refractivity contribution >= 4 is 28.2 Å². The number of hydrogen-bond acceptors (Lipinski definition) is 5. The fourth-order valence-electron chi connectivity index (χ4n) is 2.35. The van der Waals surface area contributed by atoms with Gasteiger partial charge in [-0.25, -0.2) is 9.78 Å². The quantitative estimate of drug-likeness (QED) is 0.876. The topological polar surface area (TPSA) is 88.5 Å². The maximum atomic E-state index is 12.5. The molecule has 122 valence electrons. The molecule has 0 bridgehead atoms. The molecule has 0 fully saturated rings. The second-order valence-corrected chi connectivity index (χ2v) is 6.19. The average Bonchev–Trinajstić information content (AvgIpc) is 2.82. The summed E-state index contributed by atoms with van der Waals surface area (Å²) in [5.41, 5.74) is 1.89. The number of anilines is 1. The number of carbonyl (C=O) groups excluding carboxylic acids is 1. The highest BCUT2D eigenvalue weighted by atomic mass is 32.1. The molecule has 6 nitrogen and oxygen atoms in total. The van der Waals surface area contributed by atoms with Crippen molar-refractivity contribution in [2.24, 2.45) is 0 Å². The van der Waals surface area contributed by atoms with E-state index in [1.807, 2.05) is 13.8 Å². The molecule has 7 heteroatoms. The van der Waals surface area contributed by atoms with E-state index in [0.29, 0.717) is 11.4 Å². The van der Waals surface area contributed by atoms with Crippen molar-refractivity contribution < 1.29 is 19.4 Å². The van der Waals surface area contributed by atoms with Crippen molar-refractivity contribution in [3.8, 4) is 5.88 Å². The number of nitrogens with zero attached hydrogens (tertiary/aromatic N) is 1. The number of methoxy groups -OCH3 is 1. The van der Waals surface area contributed by atoms with Crippen LogP contribution in [0.15, 0.2) is 12.1 Å². The summed E-state index contributed by atoms with van der Waals surface area (Å²) < 4.78 is 5.13. The van der Waals surface area contributed by atoms with Crippen LogP contribution in [0.5, 0.6) is 5.88 Å². The van der Waals surface area contributed by atoms with Crippen molar-refractivity contribution in [2.45, 2.75) is 27.2 Å². The van der Waals surface area contributed by atoms with Gasteiger partial charge in [0.05, 0.1) is 12.7 Å². The first kappa shape index (κ1) is 17.0. The molecule has 2 rings (SSSR count). The predicted octanol–water partition coefficient (Wildman–Crippen LogP) is 3.28. The number of rotatable bonds is 5. The molecule has 0 aliphatic rings. The van der Waals surface area contributed by atoms with Gasteiger partial charge in [0, 0.05) is 10.6 Å². The van der Waals surface area contributed by atoms with Crippen LogP contribution < -0.4 is 10.1 Å². The Kier molecular flexibility index (Phi) is 5.00. The van der Waals surface area contributed by atoms with Crippen LogP contribution in [0.3, 0.4) is 0 Å². The van der Waals surface area contributed by atoms with Gasteiger partial charge in [0.15, 0.2) is 0 Å². The maximum Gasteiger partial charge on any atom is 0.339 e. The number of nitrogens with one attached hydrogen (secondary N) is 1. The zero-order valence-corrected chi connectivity index (χ0v) is 14.2. The Morgan fingerprint density at radius 3 is 2.61 bits per heavy atom. The summed E-state index contributed by atoms with van der Waals surface area (Å²) >= 11 is 1.26. The van der Waals surface area contributed by atoms with Gasteiger partial charge >= 0.3 is 5.97 Å². The third-order valence-electron chi connectivity index (χ3n) is 3.44. The zero-order chi connectivity index (χ0) is 17.1. The second-order valence-electron chi connectivity index (χ2n) is 4.96. The van der Waals surface area contributed by atoms with E-state index in [0.717, 1.165) is 16.1 Å². The van der Waals surface area contributed by atoms with Gasteiger partial charge in [-0.2, -0.15) is 0 Å².